The SMILES string of the molecule is COc1cc(OC)c2c(c1Cl)O[C@]1(C2=O)C(O)=C(C(CC(=O)NC(Cc2ccccc2)c2n[nH]c(=O)[nH]2)c2ccc(SC)cc2)C(=O)C[C@H]1C. The van der Waals surface area contributed by atoms with Gasteiger partial charge in [-0.3, -0.25) is 19.4 Å². The van der Waals surface area contributed by atoms with Crippen molar-refractivity contribution in [1.29, 1.82) is 0 Å². The largest absolute Gasteiger partial charge is 0.507 e. The number of hydrogen-bond donors (Lipinski definition) is 4. The fourth-order valence-electron chi connectivity index (χ4n) is 6.71. The predicted molar refractivity (Wildman–Crippen MR) is 187 cm³/mol. The van der Waals surface area contributed by atoms with Crippen LogP contribution in [-0.4, -0.2) is 63.8 Å². The minimum absolute atomic E-state index is 0.0106. The normalized spacial score (nSPS) is 19.6. The molecule has 6 rings (SSSR count). The van der Waals surface area contributed by atoms with Crippen LogP contribution >= 0.6 is 23.4 Å². The van der Waals surface area contributed by atoms with Crippen molar-refractivity contribution in [2.45, 2.75) is 48.6 Å². The summed E-state index contributed by atoms with van der Waals surface area (Å²) in [5, 5.41) is 21.6. The van der Waals surface area contributed by atoms with Crippen LogP contribution < -0.4 is 25.2 Å². The lowest BCUT2D eigenvalue weighted by molar-refractivity contribution is -0.122. The maximum Gasteiger partial charge on any atom is 0.340 e. The Balaban J connectivity index is 1.43. The second-order valence-electron chi connectivity index (χ2n) is 12.2. The highest BCUT2D eigenvalue weighted by Gasteiger charge is 2.61. The minimum atomic E-state index is -2.02. The Labute approximate surface area is 296 Å². The van der Waals surface area contributed by atoms with Crippen molar-refractivity contribution in [2.24, 2.45) is 5.92 Å². The molecule has 0 bridgehead atoms. The molecule has 1 aliphatic carbocycles. The van der Waals surface area contributed by atoms with Crippen LogP contribution in [0.1, 0.15) is 59.0 Å². The zero-order valence-corrected chi connectivity index (χ0v) is 29.2. The lowest BCUT2D eigenvalue weighted by Gasteiger charge is -2.38. The first kappa shape index (κ1) is 34.8. The quantitative estimate of drug-likeness (QED) is 0.145. The van der Waals surface area contributed by atoms with E-state index in [1.807, 2.05) is 48.7 Å². The number of halogens is 1. The van der Waals surface area contributed by atoms with E-state index in [1.165, 1.54) is 32.0 Å². The van der Waals surface area contributed by atoms with Crippen LogP contribution in [-0.2, 0) is 16.0 Å². The molecule has 14 heteroatoms. The third kappa shape index (κ3) is 6.15. The number of amides is 1. The number of ketones is 2. The monoisotopic (exact) mass is 718 g/mol. The molecule has 4 aromatic rings. The summed E-state index contributed by atoms with van der Waals surface area (Å²) in [5.74, 6) is -3.45. The minimum Gasteiger partial charge on any atom is -0.507 e. The van der Waals surface area contributed by atoms with Gasteiger partial charge in [0.25, 0.3) is 0 Å². The van der Waals surface area contributed by atoms with Crippen molar-refractivity contribution in [3.8, 4) is 17.2 Å². The second-order valence-corrected chi connectivity index (χ2v) is 13.4. The van der Waals surface area contributed by atoms with E-state index in [0.29, 0.717) is 12.0 Å². The van der Waals surface area contributed by atoms with E-state index < -0.39 is 52.4 Å². The number of ether oxygens (including phenoxy) is 3. The van der Waals surface area contributed by atoms with Gasteiger partial charge in [0.1, 0.15) is 22.1 Å². The molecule has 4 N–H and O–H groups in total. The Morgan fingerprint density at radius 1 is 1.12 bits per heavy atom. The fraction of sp³-hybridized carbons (Fsp3) is 0.306. The third-order valence-electron chi connectivity index (χ3n) is 9.24. The molecular formula is C36H35ClN4O8S. The van der Waals surface area contributed by atoms with Gasteiger partial charge >= 0.3 is 5.69 Å². The molecule has 0 saturated heterocycles. The summed E-state index contributed by atoms with van der Waals surface area (Å²) in [6.07, 6.45) is 1.77. The maximum absolute atomic E-state index is 14.4. The van der Waals surface area contributed by atoms with E-state index in [-0.39, 0.29) is 52.1 Å². The van der Waals surface area contributed by atoms with Gasteiger partial charge in [-0.05, 0) is 35.9 Å². The summed E-state index contributed by atoms with van der Waals surface area (Å²) < 4.78 is 17.2. The molecule has 3 aromatic carbocycles. The molecule has 0 radical (unpaired) electrons. The molecule has 1 spiro atoms. The number of H-pyrrole nitrogens is 2. The van der Waals surface area contributed by atoms with Crippen LogP contribution in [0.15, 0.2) is 81.7 Å². The van der Waals surface area contributed by atoms with Crippen molar-refractivity contribution in [2.75, 3.05) is 20.5 Å². The fourth-order valence-corrected chi connectivity index (χ4v) is 7.39. The van der Waals surface area contributed by atoms with Crippen molar-refractivity contribution in [3.05, 3.63) is 110 Å². The van der Waals surface area contributed by atoms with Gasteiger partial charge < -0.3 is 24.6 Å². The first-order valence-corrected chi connectivity index (χ1v) is 17.4. The molecule has 2 unspecified atom stereocenters. The number of carbonyl (C=O) groups excluding carboxylic acids is 3. The van der Waals surface area contributed by atoms with Crippen molar-refractivity contribution >= 4 is 40.8 Å². The Morgan fingerprint density at radius 2 is 1.82 bits per heavy atom. The summed E-state index contributed by atoms with van der Waals surface area (Å²) in [4.78, 5) is 57.9. The first-order chi connectivity index (χ1) is 24.0. The number of fused-ring (bicyclic) bond motifs is 1. The van der Waals surface area contributed by atoms with Crippen molar-refractivity contribution < 1.29 is 33.7 Å². The van der Waals surface area contributed by atoms with E-state index in [2.05, 4.69) is 20.5 Å². The van der Waals surface area contributed by atoms with Crippen LogP contribution in [0.5, 0.6) is 17.2 Å². The average molecular weight is 719 g/mol. The smallest absolute Gasteiger partial charge is 0.340 e. The zero-order chi connectivity index (χ0) is 35.7. The number of carbonyl (C=O) groups is 3. The van der Waals surface area contributed by atoms with E-state index >= 15 is 0 Å². The van der Waals surface area contributed by atoms with Crippen LogP contribution in [0.3, 0.4) is 0 Å². The van der Waals surface area contributed by atoms with E-state index in [4.69, 9.17) is 25.8 Å². The number of nitrogens with one attached hydrogen (secondary N) is 3. The Hall–Kier alpha value is -5.01. The number of hydrogen-bond acceptors (Lipinski definition) is 10. The molecule has 2 aliphatic rings. The Bertz CT molecular complexity index is 2040. The highest BCUT2D eigenvalue weighted by molar-refractivity contribution is 7.98. The van der Waals surface area contributed by atoms with Gasteiger partial charge in [0.15, 0.2) is 23.1 Å². The molecule has 2 heterocycles. The topological polar surface area (TPSA) is 173 Å². The van der Waals surface area contributed by atoms with Gasteiger partial charge in [-0.25, -0.2) is 9.89 Å². The number of allylic oxidation sites excluding steroid dienone is 1. The number of benzene rings is 3. The highest BCUT2D eigenvalue weighted by Crippen LogP contribution is 2.55. The van der Waals surface area contributed by atoms with Gasteiger partial charge in [-0.1, -0.05) is 61.0 Å². The Kier molecular flexibility index (Phi) is 9.81. The number of nitrogens with zero attached hydrogens (tertiary/aromatic N) is 1. The lowest BCUT2D eigenvalue weighted by atomic mass is 9.69. The number of aliphatic hydroxyl groups excluding tert-OH is 1. The number of aromatic nitrogens is 3. The third-order valence-corrected chi connectivity index (χ3v) is 10.3. The average Bonchev–Trinajstić information content (AvgIpc) is 3.69. The van der Waals surface area contributed by atoms with Crippen molar-refractivity contribution in [3.63, 3.8) is 0 Å². The Morgan fingerprint density at radius 3 is 2.44 bits per heavy atom. The molecule has 1 amide bonds. The summed E-state index contributed by atoms with van der Waals surface area (Å²) >= 11 is 8.14. The number of aliphatic hydroxyl groups is 1. The number of rotatable bonds is 11. The van der Waals surface area contributed by atoms with Crippen LogP contribution in [0.2, 0.25) is 5.02 Å². The molecule has 1 aliphatic heterocycles. The van der Waals surface area contributed by atoms with Crippen molar-refractivity contribution in [1.82, 2.24) is 20.5 Å². The summed E-state index contributed by atoms with van der Waals surface area (Å²) in [7, 11) is 2.79. The summed E-state index contributed by atoms with van der Waals surface area (Å²) in [6.45, 7) is 1.64. The molecule has 12 nitrogen and oxygen atoms in total. The molecule has 50 heavy (non-hydrogen) atoms. The van der Waals surface area contributed by atoms with Crippen LogP contribution in [0.4, 0.5) is 0 Å². The molecule has 1 aromatic heterocycles. The van der Waals surface area contributed by atoms with Gasteiger partial charge in [0.05, 0.1) is 20.3 Å². The second kappa shape index (κ2) is 14.1. The number of aromatic amines is 2. The molecule has 0 saturated carbocycles. The number of Topliss-reactive ketones (excluding diaryl/α,β-unsaturated/α-hetero) is 2. The van der Waals surface area contributed by atoms with Crippen LogP contribution in [0, 0.1) is 5.92 Å². The molecule has 0 fully saturated rings. The standard InChI is InChI=1S/C36H35ClN4O8S/c1-18-14-24(42)28(32(44)36(18)33(45)29-25(47-2)17-26(48-3)30(37)31(29)49-36)22(20-10-12-21(50-4)13-11-20)16-27(43)38-23(34-39-35(46)41-40-34)15-19-8-6-5-7-9-19/h5-13,17-18,22-23,44H,14-16H2,1-4H3,(H,38,43)(H2,39,40,41,46)/t18-,22?,23?,36+/m1/s1. The molecule has 260 valence electrons. The van der Waals surface area contributed by atoms with Gasteiger partial charge in [0.2, 0.25) is 17.3 Å². The maximum atomic E-state index is 14.4. The predicted octanol–water partition coefficient (Wildman–Crippen LogP) is 5.50. The number of thioether (sulfide) groups is 1. The van der Waals surface area contributed by atoms with E-state index in [0.717, 1.165) is 10.5 Å². The molecular weight excluding hydrogens is 684 g/mol. The van der Waals surface area contributed by atoms with Gasteiger partial charge in [-0.2, -0.15) is 5.10 Å². The van der Waals surface area contributed by atoms with Crippen LogP contribution in [0.25, 0.3) is 0 Å². The highest BCUT2D eigenvalue weighted by atomic mass is 35.5. The van der Waals surface area contributed by atoms with E-state index in [1.54, 1.807) is 19.1 Å². The zero-order valence-electron chi connectivity index (χ0n) is 27.7. The summed E-state index contributed by atoms with van der Waals surface area (Å²) in [5.41, 5.74) is -1.21. The summed E-state index contributed by atoms with van der Waals surface area (Å²) in [6, 6.07) is 17.4. The van der Waals surface area contributed by atoms with E-state index in [9.17, 15) is 24.3 Å². The molecule has 4 atom stereocenters. The van der Waals surface area contributed by atoms with Gasteiger partial charge in [-0.15, -0.1) is 11.8 Å². The lowest BCUT2D eigenvalue weighted by Crippen LogP contribution is -2.53. The van der Waals surface area contributed by atoms with Gasteiger partial charge in [0, 0.05) is 41.2 Å². The first-order valence-electron chi connectivity index (χ1n) is 15.8. The number of methoxy groups -OCH3 is 2.